The van der Waals surface area contributed by atoms with Crippen molar-refractivity contribution < 1.29 is 4.79 Å². The van der Waals surface area contributed by atoms with Crippen molar-refractivity contribution in [2.45, 2.75) is 33.2 Å². The van der Waals surface area contributed by atoms with Crippen molar-refractivity contribution in [1.82, 2.24) is 19.7 Å². The number of likely N-dealkylation sites (tertiary alicyclic amines) is 1. The summed E-state index contributed by atoms with van der Waals surface area (Å²) in [7, 11) is 0. The van der Waals surface area contributed by atoms with E-state index in [2.05, 4.69) is 10.1 Å². The molecule has 1 aliphatic heterocycles. The van der Waals surface area contributed by atoms with Crippen LogP contribution < -0.4 is 0 Å². The molecule has 3 heterocycles. The number of aromatic nitrogens is 3. The molecule has 0 spiro atoms. The molecule has 2 aromatic heterocycles. The maximum Gasteiger partial charge on any atom is 0.263 e. The van der Waals surface area contributed by atoms with E-state index in [1.165, 1.54) is 11.3 Å². The highest BCUT2D eigenvalue weighted by molar-refractivity contribution is 7.17. The molecule has 118 valence electrons. The third kappa shape index (κ3) is 3.33. The number of thiophene rings is 1. The highest BCUT2D eigenvalue weighted by Crippen LogP contribution is 2.25. The van der Waals surface area contributed by atoms with Gasteiger partial charge in [0, 0.05) is 19.6 Å². The number of hydrogen-bond donors (Lipinski definition) is 0. The second kappa shape index (κ2) is 6.38. The summed E-state index contributed by atoms with van der Waals surface area (Å²) < 4.78 is 2.61. The number of aryl methyl sites for hydroxylation is 2. The Labute approximate surface area is 138 Å². The topological polar surface area (TPSA) is 51.0 Å². The van der Waals surface area contributed by atoms with Crippen LogP contribution in [0.25, 0.3) is 0 Å². The summed E-state index contributed by atoms with van der Waals surface area (Å²) in [6, 6.07) is 3.59. The van der Waals surface area contributed by atoms with E-state index in [9.17, 15) is 4.79 Å². The van der Waals surface area contributed by atoms with E-state index in [4.69, 9.17) is 11.6 Å². The van der Waals surface area contributed by atoms with Gasteiger partial charge in [-0.3, -0.25) is 4.79 Å². The second-order valence-electron chi connectivity index (χ2n) is 5.75. The van der Waals surface area contributed by atoms with Gasteiger partial charge in [-0.15, -0.1) is 11.3 Å². The van der Waals surface area contributed by atoms with Gasteiger partial charge in [0.2, 0.25) is 0 Å². The standard InChI is InChI=1S/C15H19ClN4OS/c1-10-17-11(2)20(18-10)9-12-4-3-7-19(8-12)15(21)13-5-6-14(16)22-13/h5-6,12H,3-4,7-9H2,1-2H3/t12-/m0/s1. The molecule has 5 nitrogen and oxygen atoms in total. The zero-order chi connectivity index (χ0) is 15.7. The molecule has 1 aliphatic rings. The molecule has 1 amide bonds. The number of piperidine rings is 1. The van der Waals surface area contributed by atoms with E-state index in [-0.39, 0.29) is 5.91 Å². The van der Waals surface area contributed by atoms with Gasteiger partial charge >= 0.3 is 0 Å². The number of carbonyl (C=O) groups excluding carboxylic acids is 1. The fourth-order valence-electron chi connectivity index (χ4n) is 2.96. The Balaban J connectivity index is 1.66. The van der Waals surface area contributed by atoms with Crippen molar-refractivity contribution in [3.63, 3.8) is 0 Å². The third-order valence-corrected chi connectivity index (χ3v) is 5.20. The van der Waals surface area contributed by atoms with Crippen LogP contribution >= 0.6 is 22.9 Å². The lowest BCUT2D eigenvalue weighted by Gasteiger charge is -2.32. The molecule has 7 heteroatoms. The van der Waals surface area contributed by atoms with Crippen LogP contribution in [0.3, 0.4) is 0 Å². The number of carbonyl (C=O) groups is 1. The Bertz CT molecular complexity index is 681. The maximum absolute atomic E-state index is 12.5. The summed E-state index contributed by atoms with van der Waals surface area (Å²) in [5.74, 6) is 2.25. The highest BCUT2D eigenvalue weighted by Gasteiger charge is 2.26. The van der Waals surface area contributed by atoms with Gasteiger partial charge in [-0.25, -0.2) is 9.67 Å². The summed E-state index contributed by atoms with van der Waals surface area (Å²) in [6.45, 7) is 6.29. The summed E-state index contributed by atoms with van der Waals surface area (Å²) in [5.41, 5.74) is 0. The lowest BCUT2D eigenvalue weighted by atomic mass is 9.98. The Hall–Kier alpha value is -1.40. The molecular formula is C15H19ClN4OS. The van der Waals surface area contributed by atoms with Gasteiger partial charge in [0.1, 0.15) is 11.6 Å². The van der Waals surface area contributed by atoms with Gasteiger partial charge in [-0.1, -0.05) is 11.6 Å². The first-order valence-electron chi connectivity index (χ1n) is 7.45. The van der Waals surface area contributed by atoms with Gasteiger partial charge < -0.3 is 4.90 Å². The SMILES string of the molecule is Cc1nc(C)n(C[C@H]2CCCN(C(=O)c3ccc(Cl)s3)C2)n1. The Kier molecular flexibility index (Phi) is 4.49. The molecule has 0 unspecified atom stereocenters. The van der Waals surface area contributed by atoms with Crippen LogP contribution in [0.5, 0.6) is 0 Å². The van der Waals surface area contributed by atoms with E-state index < -0.39 is 0 Å². The minimum Gasteiger partial charge on any atom is -0.338 e. The minimum atomic E-state index is 0.0908. The summed E-state index contributed by atoms with van der Waals surface area (Å²) in [6.07, 6.45) is 2.15. The molecule has 3 rings (SSSR count). The van der Waals surface area contributed by atoms with Crippen LogP contribution in [-0.2, 0) is 6.54 Å². The molecule has 0 aliphatic carbocycles. The third-order valence-electron chi connectivity index (χ3n) is 3.98. The average Bonchev–Trinajstić information content (AvgIpc) is 3.05. The second-order valence-corrected chi connectivity index (χ2v) is 7.47. The summed E-state index contributed by atoms with van der Waals surface area (Å²) in [5, 5.41) is 4.42. The predicted molar refractivity (Wildman–Crippen MR) is 87.5 cm³/mol. The normalized spacial score (nSPS) is 18.7. The monoisotopic (exact) mass is 338 g/mol. The first-order chi connectivity index (χ1) is 10.5. The van der Waals surface area contributed by atoms with Crippen LogP contribution in [0.15, 0.2) is 12.1 Å². The van der Waals surface area contributed by atoms with E-state index >= 15 is 0 Å². The average molecular weight is 339 g/mol. The summed E-state index contributed by atoms with van der Waals surface area (Å²) in [4.78, 5) is 19.5. The van der Waals surface area contributed by atoms with Gasteiger partial charge in [0.25, 0.3) is 5.91 Å². The van der Waals surface area contributed by atoms with Crippen LogP contribution in [-0.4, -0.2) is 38.7 Å². The van der Waals surface area contributed by atoms with E-state index in [0.29, 0.717) is 10.3 Å². The van der Waals surface area contributed by atoms with Crippen LogP contribution in [0.1, 0.15) is 34.2 Å². The van der Waals surface area contributed by atoms with Crippen LogP contribution in [0, 0.1) is 19.8 Å². The van der Waals surface area contributed by atoms with Crippen molar-refractivity contribution in [3.8, 4) is 0 Å². The highest BCUT2D eigenvalue weighted by atomic mass is 35.5. The Morgan fingerprint density at radius 2 is 2.27 bits per heavy atom. The smallest absolute Gasteiger partial charge is 0.263 e. The number of hydrogen-bond acceptors (Lipinski definition) is 4. The molecule has 0 aromatic carbocycles. The molecule has 2 aromatic rings. The molecule has 1 fully saturated rings. The predicted octanol–water partition coefficient (Wildman–Crippen LogP) is 3.16. The molecule has 22 heavy (non-hydrogen) atoms. The van der Waals surface area contributed by atoms with Gasteiger partial charge in [-0.05, 0) is 44.7 Å². The zero-order valence-corrected chi connectivity index (χ0v) is 14.3. The van der Waals surface area contributed by atoms with Crippen molar-refractivity contribution in [3.05, 3.63) is 33.0 Å². The first-order valence-corrected chi connectivity index (χ1v) is 8.65. The Morgan fingerprint density at radius 3 is 2.91 bits per heavy atom. The molecule has 0 radical (unpaired) electrons. The van der Waals surface area contributed by atoms with Crippen molar-refractivity contribution in [1.29, 1.82) is 0 Å². The quantitative estimate of drug-likeness (QED) is 0.863. The Morgan fingerprint density at radius 1 is 1.45 bits per heavy atom. The maximum atomic E-state index is 12.5. The lowest BCUT2D eigenvalue weighted by Crippen LogP contribution is -2.41. The van der Waals surface area contributed by atoms with Crippen molar-refractivity contribution in [2.24, 2.45) is 5.92 Å². The van der Waals surface area contributed by atoms with Gasteiger partial charge in [0.05, 0.1) is 9.21 Å². The summed E-state index contributed by atoms with van der Waals surface area (Å²) >= 11 is 7.28. The number of nitrogens with zero attached hydrogens (tertiary/aromatic N) is 4. The van der Waals surface area contributed by atoms with Crippen LogP contribution in [0.2, 0.25) is 4.34 Å². The largest absolute Gasteiger partial charge is 0.338 e. The lowest BCUT2D eigenvalue weighted by molar-refractivity contribution is 0.0664. The molecule has 0 N–H and O–H groups in total. The number of rotatable bonds is 3. The molecule has 0 saturated carbocycles. The molecule has 1 atom stereocenters. The van der Waals surface area contributed by atoms with Crippen molar-refractivity contribution in [2.75, 3.05) is 13.1 Å². The minimum absolute atomic E-state index is 0.0908. The molecular weight excluding hydrogens is 320 g/mol. The van der Waals surface area contributed by atoms with Gasteiger partial charge in [0.15, 0.2) is 0 Å². The fraction of sp³-hybridized carbons (Fsp3) is 0.533. The van der Waals surface area contributed by atoms with E-state index in [0.717, 1.165) is 49.0 Å². The number of amides is 1. The first kappa shape index (κ1) is 15.5. The van der Waals surface area contributed by atoms with E-state index in [1.54, 1.807) is 6.07 Å². The molecule has 1 saturated heterocycles. The fourth-order valence-corrected chi connectivity index (χ4v) is 3.97. The van der Waals surface area contributed by atoms with Crippen LogP contribution in [0.4, 0.5) is 0 Å². The van der Waals surface area contributed by atoms with E-state index in [1.807, 2.05) is 29.5 Å². The van der Waals surface area contributed by atoms with Crippen molar-refractivity contribution >= 4 is 28.8 Å². The van der Waals surface area contributed by atoms with Gasteiger partial charge in [-0.2, -0.15) is 5.10 Å². The zero-order valence-electron chi connectivity index (χ0n) is 12.8. The number of halogens is 1. The molecule has 0 bridgehead atoms.